The molecule has 0 saturated carbocycles. The smallest absolute Gasteiger partial charge is 0.336 e. The van der Waals surface area contributed by atoms with Crippen molar-refractivity contribution < 1.29 is 19.6 Å². The molecule has 1 aromatic heterocycles. The molecule has 104 valence electrons. The quantitative estimate of drug-likeness (QED) is 0.677. The van der Waals surface area contributed by atoms with E-state index >= 15 is 0 Å². The van der Waals surface area contributed by atoms with E-state index in [9.17, 15) is 14.9 Å². The van der Waals surface area contributed by atoms with Crippen LogP contribution in [0.5, 0.6) is 11.5 Å². The van der Waals surface area contributed by atoms with Crippen LogP contribution in [0.25, 0.3) is 0 Å². The van der Waals surface area contributed by atoms with E-state index in [-0.39, 0.29) is 22.6 Å². The van der Waals surface area contributed by atoms with E-state index in [2.05, 4.69) is 5.10 Å². The number of aromatic carboxylic acids is 1. The Morgan fingerprint density at radius 3 is 2.70 bits per heavy atom. The van der Waals surface area contributed by atoms with E-state index in [0.717, 1.165) is 6.07 Å². The third-order valence-corrected chi connectivity index (χ3v) is 2.69. The predicted octanol–water partition coefficient (Wildman–Crippen LogP) is 2.13. The molecule has 0 unspecified atom stereocenters. The summed E-state index contributed by atoms with van der Waals surface area (Å²) in [6.45, 7) is 1.50. The van der Waals surface area contributed by atoms with Gasteiger partial charge >= 0.3 is 5.97 Å². The molecule has 0 spiro atoms. The zero-order valence-electron chi connectivity index (χ0n) is 10.7. The maximum atomic E-state index is 11.0. The van der Waals surface area contributed by atoms with Gasteiger partial charge in [0.1, 0.15) is 5.75 Å². The van der Waals surface area contributed by atoms with E-state index in [1.165, 1.54) is 23.9 Å². The van der Waals surface area contributed by atoms with Gasteiger partial charge in [0.15, 0.2) is 5.75 Å². The number of rotatable bonds is 4. The van der Waals surface area contributed by atoms with Crippen LogP contribution in [0.2, 0.25) is 0 Å². The first-order valence-electron chi connectivity index (χ1n) is 5.57. The van der Waals surface area contributed by atoms with Gasteiger partial charge in [0.05, 0.1) is 28.4 Å². The number of carboxylic acid groups (broad SMARTS) is 1. The van der Waals surface area contributed by atoms with Crippen LogP contribution in [0.1, 0.15) is 15.9 Å². The Morgan fingerprint density at radius 2 is 2.20 bits per heavy atom. The molecular formula is C12H11N3O5. The van der Waals surface area contributed by atoms with E-state index < -0.39 is 10.9 Å². The van der Waals surface area contributed by atoms with Crippen LogP contribution in [0.15, 0.2) is 24.5 Å². The monoisotopic (exact) mass is 277 g/mol. The minimum absolute atomic E-state index is 0.115. The highest BCUT2D eigenvalue weighted by molar-refractivity contribution is 5.89. The third-order valence-electron chi connectivity index (χ3n) is 2.69. The molecule has 0 atom stereocenters. The summed E-state index contributed by atoms with van der Waals surface area (Å²) >= 11 is 0. The Labute approximate surface area is 113 Å². The molecule has 2 rings (SSSR count). The molecule has 0 aliphatic carbocycles. The molecule has 0 bridgehead atoms. The number of benzene rings is 1. The van der Waals surface area contributed by atoms with Gasteiger partial charge in [-0.3, -0.25) is 14.8 Å². The number of hydrogen-bond donors (Lipinski definition) is 1. The summed E-state index contributed by atoms with van der Waals surface area (Å²) < 4.78 is 6.96. The van der Waals surface area contributed by atoms with Gasteiger partial charge in [0, 0.05) is 13.1 Å². The first kappa shape index (κ1) is 13.5. The van der Waals surface area contributed by atoms with E-state index in [1.807, 2.05) is 0 Å². The Morgan fingerprint density at radius 1 is 1.50 bits per heavy atom. The molecule has 1 heterocycles. The Kier molecular flexibility index (Phi) is 3.38. The van der Waals surface area contributed by atoms with Crippen LogP contribution in [0.3, 0.4) is 0 Å². The lowest BCUT2D eigenvalue weighted by Gasteiger charge is -2.08. The SMILES string of the molecule is Cc1c(Oc2cnn(C)c2)cc(C(=O)O)cc1[N+](=O)[O-]. The maximum absolute atomic E-state index is 11.0. The fourth-order valence-corrected chi connectivity index (χ4v) is 1.67. The number of nitrogens with zero attached hydrogens (tertiary/aromatic N) is 3. The average molecular weight is 277 g/mol. The standard InChI is InChI=1S/C12H11N3O5/c1-7-10(15(18)19)3-8(12(16)17)4-11(7)20-9-5-13-14(2)6-9/h3-6H,1-2H3,(H,16,17). The van der Waals surface area contributed by atoms with Crippen molar-refractivity contribution >= 4 is 11.7 Å². The molecule has 0 radical (unpaired) electrons. The van der Waals surface area contributed by atoms with Crippen LogP contribution in [-0.2, 0) is 7.05 Å². The fraction of sp³-hybridized carbons (Fsp3) is 0.167. The molecule has 0 aliphatic rings. The fourth-order valence-electron chi connectivity index (χ4n) is 1.67. The number of carboxylic acids is 1. The zero-order valence-corrected chi connectivity index (χ0v) is 10.7. The second kappa shape index (κ2) is 5.00. The molecule has 1 aromatic carbocycles. The van der Waals surface area contributed by atoms with Crippen molar-refractivity contribution in [2.24, 2.45) is 7.05 Å². The molecule has 8 nitrogen and oxygen atoms in total. The predicted molar refractivity (Wildman–Crippen MR) is 68.1 cm³/mol. The number of ether oxygens (including phenoxy) is 1. The summed E-state index contributed by atoms with van der Waals surface area (Å²) in [5.74, 6) is -0.777. The van der Waals surface area contributed by atoms with Gasteiger partial charge in [-0.1, -0.05) is 0 Å². The van der Waals surface area contributed by atoms with Crippen molar-refractivity contribution in [2.75, 3.05) is 0 Å². The highest BCUT2D eigenvalue weighted by atomic mass is 16.6. The van der Waals surface area contributed by atoms with Crippen LogP contribution < -0.4 is 4.74 Å². The average Bonchev–Trinajstić information content (AvgIpc) is 2.76. The molecule has 0 aliphatic heterocycles. The minimum Gasteiger partial charge on any atom is -0.478 e. The van der Waals surface area contributed by atoms with E-state index in [4.69, 9.17) is 9.84 Å². The van der Waals surface area contributed by atoms with Gasteiger partial charge in [0.25, 0.3) is 5.69 Å². The van der Waals surface area contributed by atoms with Crippen molar-refractivity contribution in [1.29, 1.82) is 0 Å². The van der Waals surface area contributed by atoms with Crippen molar-refractivity contribution in [1.82, 2.24) is 9.78 Å². The number of carbonyl (C=O) groups is 1. The molecule has 0 fully saturated rings. The lowest BCUT2D eigenvalue weighted by molar-refractivity contribution is -0.385. The molecule has 2 aromatic rings. The van der Waals surface area contributed by atoms with Gasteiger partial charge in [-0.05, 0) is 13.0 Å². The first-order chi connectivity index (χ1) is 9.38. The number of nitro groups is 1. The van der Waals surface area contributed by atoms with E-state index in [1.54, 1.807) is 13.2 Å². The highest BCUT2D eigenvalue weighted by Crippen LogP contribution is 2.32. The Balaban J connectivity index is 2.50. The Bertz CT molecular complexity index is 692. The van der Waals surface area contributed by atoms with Gasteiger partial charge in [0.2, 0.25) is 0 Å². The minimum atomic E-state index is -1.26. The lowest BCUT2D eigenvalue weighted by atomic mass is 10.1. The zero-order chi connectivity index (χ0) is 14.9. The van der Waals surface area contributed by atoms with Crippen molar-refractivity contribution in [3.63, 3.8) is 0 Å². The van der Waals surface area contributed by atoms with Crippen LogP contribution in [0, 0.1) is 17.0 Å². The van der Waals surface area contributed by atoms with Crippen LogP contribution in [0.4, 0.5) is 5.69 Å². The van der Waals surface area contributed by atoms with Crippen molar-refractivity contribution in [2.45, 2.75) is 6.92 Å². The third kappa shape index (κ3) is 2.58. The number of aryl methyl sites for hydroxylation is 1. The van der Waals surface area contributed by atoms with E-state index in [0.29, 0.717) is 5.75 Å². The van der Waals surface area contributed by atoms with Gasteiger partial charge < -0.3 is 9.84 Å². The topological polar surface area (TPSA) is 107 Å². The highest BCUT2D eigenvalue weighted by Gasteiger charge is 2.20. The number of aromatic nitrogens is 2. The number of hydrogen-bond acceptors (Lipinski definition) is 5. The van der Waals surface area contributed by atoms with Gasteiger partial charge in [-0.15, -0.1) is 0 Å². The summed E-state index contributed by atoms with van der Waals surface area (Å²) in [5, 5.41) is 23.8. The second-order valence-corrected chi connectivity index (χ2v) is 4.13. The Hall–Kier alpha value is -2.90. The normalized spacial score (nSPS) is 10.3. The first-order valence-corrected chi connectivity index (χ1v) is 5.57. The van der Waals surface area contributed by atoms with Crippen molar-refractivity contribution in [3.05, 3.63) is 45.8 Å². The molecule has 0 saturated heterocycles. The van der Waals surface area contributed by atoms with Crippen LogP contribution in [-0.4, -0.2) is 25.8 Å². The summed E-state index contributed by atoms with van der Waals surface area (Å²) in [6.07, 6.45) is 3.00. The van der Waals surface area contributed by atoms with Crippen molar-refractivity contribution in [3.8, 4) is 11.5 Å². The van der Waals surface area contributed by atoms with Gasteiger partial charge in [-0.25, -0.2) is 4.79 Å². The lowest BCUT2D eigenvalue weighted by Crippen LogP contribution is -2.02. The molecule has 0 amide bonds. The molecule has 20 heavy (non-hydrogen) atoms. The van der Waals surface area contributed by atoms with Gasteiger partial charge in [-0.2, -0.15) is 5.10 Å². The summed E-state index contributed by atoms with van der Waals surface area (Å²) in [4.78, 5) is 21.3. The summed E-state index contributed by atoms with van der Waals surface area (Å²) in [5.41, 5.74) is -0.256. The molecule has 8 heteroatoms. The molecular weight excluding hydrogens is 266 g/mol. The largest absolute Gasteiger partial charge is 0.478 e. The molecule has 1 N–H and O–H groups in total. The number of nitro benzene ring substituents is 1. The van der Waals surface area contributed by atoms with Crippen LogP contribution >= 0.6 is 0 Å². The summed E-state index contributed by atoms with van der Waals surface area (Å²) in [6, 6.07) is 2.26. The maximum Gasteiger partial charge on any atom is 0.336 e. The second-order valence-electron chi connectivity index (χ2n) is 4.13. The summed E-state index contributed by atoms with van der Waals surface area (Å²) in [7, 11) is 1.69.